The Morgan fingerprint density at radius 2 is 1.76 bits per heavy atom. The zero-order chi connectivity index (χ0) is 14.8. The fraction of sp³-hybridized carbons (Fsp3) is 0.118. The van der Waals surface area contributed by atoms with E-state index in [1.807, 2.05) is 16.7 Å². The number of para-hydroxylation sites is 1. The summed E-state index contributed by atoms with van der Waals surface area (Å²) < 4.78 is 28.7. The molecule has 0 bridgehead atoms. The molecule has 0 fully saturated rings. The summed E-state index contributed by atoms with van der Waals surface area (Å²) in [5.74, 6) is -1.64. The van der Waals surface area contributed by atoms with E-state index in [0.29, 0.717) is 23.9 Å². The van der Waals surface area contributed by atoms with Gasteiger partial charge in [-0.25, -0.2) is 8.78 Å². The van der Waals surface area contributed by atoms with Crippen LogP contribution in [0.2, 0.25) is 0 Å². The molecule has 0 N–H and O–H groups in total. The Balaban J connectivity index is 1.94. The molecule has 2 aromatic carbocycles. The molecule has 2 nitrogen and oxygen atoms in total. The van der Waals surface area contributed by atoms with E-state index in [9.17, 15) is 13.6 Å². The van der Waals surface area contributed by atoms with Gasteiger partial charge in [-0.1, -0.05) is 24.3 Å². The van der Waals surface area contributed by atoms with E-state index >= 15 is 0 Å². The van der Waals surface area contributed by atoms with Gasteiger partial charge in [0.15, 0.2) is 17.1 Å². The van der Waals surface area contributed by atoms with Crippen LogP contribution in [0.25, 0.3) is 10.9 Å². The van der Waals surface area contributed by atoms with Gasteiger partial charge in [-0.2, -0.15) is 0 Å². The van der Waals surface area contributed by atoms with Crippen LogP contribution in [0.15, 0.2) is 59.5 Å². The minimum atomic E-state index is -0.836. The molecule has 0 atom stereocenters. The molecule has 0 radical (unpaired) electrons. The van der Waals surface area contributed by atoms with Gasteiger partial charge in [0.25, 0.3) is 0 Å². The van der Waals surface area contributed by atoms with Gasteiger partial charge < -0.3 is 4.57 Å². The first-order chi connectivity index (χ1) is 10.2. The lowest BCUT2D eigenvalue weighted by molar-refractivity contribution is 0.495. The lowest BCUT2D eigenvalue weighted by atomic mass is 10.1. The van der Waals surface area contributed by atoms with Crippen LogP contribution < -0.4 is 5.43 Å². The van der Waals surface area contributed by atoms with Gasteiger partial charge in [0, 0.05) is 24.2 Å². The molecule has 1 aromatic heterocycles. The van der Waals surface area contributed by atoms with Gasteiger partial charge >= 0.3 is 0 Å². The summed E-state index contributed by atoms with van der Waals surface area (Å²) in [6.07, 6.45) is 2.04. The summed E-state index contributed by atoms with van der Waals surface area (Å²) in [5, 5.41) is 0.625. The van der Waals surface area contributed by atoms with Gasteiger partial charge in [0.1, 0.15) is 0 Å². The van der Waals surface area contributed by atoms with Gasteiger partial charge in [-0.05, 0) is 30.2 Å². The van der Waals surface area contributed by atoms with Crippen molar-refractivity contribution in [2.75, 3.05) is 0 Å². The average molecular weight is 285 g/mol. The highest BCUT2D eigenvalue weighted by Gasteiger charge is 2.08. The van der Waals surface area contributed by atoms with Crippen LogP contribution in [0.3, 0.4) is 0 Å². The maximum absolute atomic E-state index is 13.6. The number of aromatic nitrogens is 1. The quantitative estimate of drug-likeness (QED) is 0.721. The largest absolute Gasteiger partial charge is 0.347 e. The summed E-state index contributed by atoms with van der Waals surface area (Å²) in [7, 11) is 0. The standard InChI is InChI=1S/C17H13F2NO/c18-14-6-3-4-12(17(14)19)8-10-20-11-9-16(21)13-5-1-2-7-15(13)20/h1-7,9,11H,8,10H2. The minimum Gasteiger partial charge on any atom is -0.347 e. The number of pyridine rings is 1. The van der Waals surface area contributed by atoms with Gasteiger partial charge in [-0.15, -0.1) is 0 Å². The zero-order valence-corrected chi connectivity index (χ0v) is 11.2. The average Bonchev–Trinajstić information content (AvgIpc) is 2.51. The molecular formula is C17H13F2NO. The van der Waals surface area contributed by atoms with Crippen LogP contribution in [0, 0.1) is 11.6 Å². The Morgan fingerprint density at radius 3 is 2.62 bits per heavy atom. The van der Waals surface area contributed by atoms with E-state index < -0.39 is 11.6 Å². The number of fused-ring (bicyclic) bond motifs is 1. The third-order valence-corrected chi connectivity index (χ3v) is 3.54. The molecule has 0 saturated heterocycles. The monoisotopic (exact) mass is 285 g/mol. The second kappa shape index (κ2) is 5.48. The predicted molar refractivity (Wildman–Crippen MR) is 78.3 cm³/mol. The van der Waals surface area contributed by atoms with Gasteiger partial charge in [0.05, 0.1) is 5.52 Å². The number of hydrogen-bond acceptors (Lipinski definition) is 1. The van der Waals surface area contributed by atoms with Crippen LogP contribution in [0.5, 0.6) is 0 Å². The van der Waals surface area contributed by atoms with Crippen molar-refractivity contribution in [2.24, 2.45) is 0 Å². The number of aryl methyl sites for hydroxylation is 2. The summed E-state index contributed by atoms with van der Waals surface area (Å²) in [4.78, 5) is 11.8. The molecule has 0 aliphatic carbocycles. The zero-order valence-electron chi connectivity index (χ0n) is 11.2. The fourth-order valence-electron chi connectivity index (χ4n) is 2.44. The molecule has 0 spiro atoms. The Bertz CT molecular complexity index is 855. The minimum absolute atomic E-state index is 0.0428. The number of halogens is 2. The molecule has 1 heterocycles. The second-order valence-electron chi connectivity index (χ2n) is 4.85. The van der Waals surface area contributed by atoms with Crippen molar-refractivity contribution in [1.82, 2.24) is 4.57 Å². The third kappa shape index (κ3) is 2.57. The first-order valence-corrected chi connectivity index (χ1v) is 6.68. The van der Waals surface area contributed by atoms with Crippen molar-refractivity contribution in [2.45, 2.75) is 13.0 Å². The van der Waals surface area contributed by atoms with E-state index in [1.54, 1.807) is 24.4 Å². The van der Waals surface area contributed by atoms with Crippen molar-refractivity contribution in [3.05, 3.63) is 82.1 Å². The Labute approximate surface area is 120 Å². The fourth-order valence-corrected chi connectivity index (χ4v) is 2.44. The maximum atomic E-state index is 13.6. The third-order valence-electron chi connectivity index (χ3n) is 3.54. The highest BCUT2D eigenvalue weighted by molar-refractivity contribution is 5.78. The van der Waals surface area contributed by atoms with Gasteiger partial charge in [0.2, 0.25) is 0 Å². The molecule has 4 heteroatoms. The molecule has 3 aromatic rings. The lowest BCUT2D eigenvalue weighted by Crippen LogP contribution is -2.10. The van der Waals surface area contributed by atoms with Gasteiger partial charge in [-0.3, -0.25) is 4.79 Å². The second-order valence-corrected chi connectivity index (χ2v) is 4.85. The molecular weight excluding hydrogens is 272 g/mol. The topological polar surface area (TPSA) is 22.0 Å². The molecule has 106 valence electrons. The molecule has 0 aliphatic rings. The van der Waals surface area contributed by atoms with Crippen LogP contribution in [-0.4, -0.2) is 4.57 Å². The van der Waals surface area contributed by atoms with E-state index in [2.05, 4.69) is 0 Å². The molecule has 3 rings (SSSR count). The molecule has 21 heavy (non-hydrogen) atoms. The van der Waals surface area contributed by atoms with Crippen molar-refractivity contribution in [3.63, 3.8) is 0 Å². The summed E-state index contributed by atoms with van der Waals surface area (Å²) in [6, 6.07) is 12.9. The first-order valence-electron chi connectivity index (χ1n) is 6.68. The van der Waals surface area contributed by atoms with E-state index in [-0.39, 0.29) is 5.43 Å². The highest BCUT2D eigenvalue weighted by Crippen LogP contribution is 2.14. The Morgan fingerprint density at radius 1 is 0.952 bits per heavy atom. The van der Waals surface area contributed by atoms with Crippen molar-refractivity contribution >= 4 is 10.9 Å². The van der Waals surface area contributed by atoms with Crippen LogP contribution in [-0.2, 0) is 13.0 Å². The summed E-state index contributed by atoms with van der Waals surface area (Å²) in [6.45, 7) is 0.473. The van der Waals surface area contributed by atoms with Crippen molar-refractivity contribution in [3.8, 4) is 0 Å². The molecule has 0 unspecified atom stereocenters. The van der Waals surface area contributed by atoms with Crippen molar-refractivity contribution in [1.29, 1.82) is 0 Å². The van der Waals surface area contributed by atoms with Crippen LogP contribution in [0.4, 0.5) is 8.78 Å². The summed E-state index contributed by atoms with van der Waals surface area (Å²) >= 11 is 0. The maximum Gasteiger partial charge on any atom is 0.189 e. The SMILES string of the molecule is O=c1ccn(CCc2cccc(F)c2F)c2ccccc12. The van der Waals surface area contributed by atoms with Crippen LogP contribution >= 0.6 is 0 Å². The summed E-state index contributed by atoms with van der Waals surface area (Å²) in [5.41, 5.74) is 1.08. The Kier molecular flexibility index (Phi) is 3.52. The predicted octanol–water partition coefficient (Wildman–Crippen LogP) is 3.52. The normalized spacial score (nSPS) is 11.0. The van der Waals surface area contributed by atoms with E-state index in [4.69, 9.17) is 0 Å². The Hall–Kier alpha value is -2.49. The molecule has 0 aliphatic heterocycles. The number of hydrogen-bond donors (Lipinski definition) is 0. The smallest absolute Gasteiger partial charge is 0.189 e. The van der Waals surface area contributed by atoms with Crippen molar-refractivity contribution < 1.29 is 8.78 Å². The molecule has 0 amide bonds. The highest BCUT2D eigenvalue weighted by atomic mass is 19.2. The number of rotatable bonds is 3. The number of nitrogens with zero attached hydrogens (tertiary/aromatic N) is 1. The lowest BCUT2D eigenvalue weighted by Gasteiger charge is -2.11. The van der Waals surface area contributed by atoms with E-state index in [1.165, 1.54) is 12.1 Å². The van der Waals surface area contributed by atoms with Crippen LogP contribution in [0.1, 0.15) is 5.56 Å². The first kappa shape index (κ1) is 13.5. The number of benzene rings is 2. The van der Waals surface area contributed by atoms with E-state index in [0.717, 1.165) is 11.6 Å². The molecule has 0 saturated carbocycles.